The van der Waals surface area contributed by atoms with E-state index in [9.17, 15) is 14.4 Å². The van der Waals surface area contributed by atoms with Gasteiger partial charge in [0.1, 0.15) is 6.04 Å². The molecule has 1 atom stereocenters. The van der Waals surface area contributed by atoms with Crippen LogP contribution >= 0.6 is 0 Å². The Balaban J connectivity index is 4.17. The van der Waals surface area contributed by atoms with Gasteiger partial charge in [-0.05, 0) is 12.3 Å². The molecule has 3 N–H and O–H groups in total. The monoisotopic (exact) mass is 231 g/mol. The third kappa shape index (κ3) is 6.80. The van der Waals surface area contributed by atoms with Crippen molar-refractivity contribution in [2.24, 2.45) is 5.92 Å². The van der Waals surface area contributed by atoms with E-state index in [1.807, 2.05) is 13.8 Å². The number of aliphatic carboxylic acids is 2. The van der Waals surface area contributed by atoms with Crippen LogP contribution in [0, 0.1) is 5.92 Å². The van der Waals surface area contributed by atoms with E-state index in [1.54, 1.807) is 0 Å². The lowest BCUT2D eigenvalue weighted by Crippen LogP contribution is -2.41. The van der Waals surface area contributed by atoms with E-state index in [4.69, 9.17) is 10.2 Å². The number of rotatable bonds is 7. The minimum Gasteiger partial charge on any atom is -0.481 e. The summed E-state index contributed by atoms with van der Waals surface area (Å²) in [6.45, 7) is 3.68. The first-order valence-corrected chi connectivity index (χ1v) is 5.07. The molecule has 0 bridgehead atoms. The van der Waals surface area contributed by atoms with Gasteiger partial charge in [0.2, 0.25) is 5.91 Å². The molecule has 0 rings (SSSR count). The fourth-order valence-corrected chi connectivity index (χ4v) is 1.15. The summed E-state index contributed by atoms with van der Waals surface area (Å²) in [5.41, 5.74) is 0. The maximum absolute atomic E-state index is 11.3. The van der Waals surface area contributed by atoms with Gasteiger partial charge in [-0.15, -0.1) is 0 Å². The Kier molecular flexibility index (Phi) is 6.14. The highest BCUT2D eigenvalue weighted by Crippen LogP contribution is 2.02. The zero-order valence-electron chi connectivity index (χ0n) is 9.40. The molecule has 0 saturated heterocycles. The third-order valence-corrected chi connectivity index (χ3v) is 1.87. The van der Waals surface area contributed by atoms with Crippen LogP contribution in [-0.4, -0.2) is 34.1 Å². The first-order valence-electron chi connectivity index (χ1n) is 5.07. The fraction of sp³-hybridized carbons (Fsp3) is 0.700. The van der Waals surface area contributed by atoms with Crippen molar-refractivity contribution in [2.75, 3.05) is 0 Å². The van der Waals surface area contributed by atoms with Gasteiger partial charge in [0, 0.05) is 12.8 Å². The van der Waals surface area contributed by atoms with Crippen LogP contribution < -0.4 is 5.32 Å². The van der Waals surface area contributed by atoms with Crippen LogP contribution in [0.3, 0.4) is 0 Å². The molecule has 0 aromatic carbocycles. The predicted molar refractivity (Wildman–Crippen MR) is 55.9 cm³/mol. The molecule has 6 heteroatoms. The molecular formula is C10H17NO5. The second-order valence-corrected chi connectivity index (χ2v) is 3.99. The fourth-order valence-electron chi connectivity index (χ4n) is 1.15. The van der Waals surface area contributed by atoms with Crippen molar-refractivity contribution in [3.8, 4) is 0 Å². The molecule has 92 valence electrons. The molecule has 0 fully saturated rings. The highest BCUT2D eigenvalue weighted by molar-refractivity contribution is 5.84. The van der Waals surface area contributed by atoms with Gasteiger partial charge in [-0.3, -0.25) is 9.59 Å². The lowest BCUT2D eigenvalue weighted by molar-refractivity contribution is -0.143. The summed E-state index contributed by atoms with van der Waals surface area (Å²) in [4.78, 5) is 32.3. The average molecular weight is 231 g/mol. The molecule has 0 aliphatic heterocycles. The molecule has 0 aromatic rings. The summed E-state index contributed by atoms with van der Waals surface area (Å²) in [6.07, 6.45) is -0.149. The average Bonchev–Trinajstić information content (AvgIpc) is 2.09. The van der Waals surface area contributed by atoms with Crippen molar-refractivity contribution in [3.05, 3.63) is 0 Å². The number of hydrogen-bond donors (Lipinski definition) is 3. The number of carboxylic acids is 2. The molecule has 1 amide bonds. The number of hydrogen-bond acceptors (Lipinski definition) is 3. The van der Waals surface area contributed by atoms with Gasteiger partial charge in [-0.25, -0.2) is 4.79 Å². The first-order chi connectivity index (χ1) is 7.32. The Morgan fingerprint density at radius 3 is 2.12 bits per heavy atom. The summed E-state index contributed by atoms with van der Waals surface area (Å²) >= 11 is 0. The second-order valence-electron chi connectivity index (χ2n) is 3.99. The van der Waals surface area contributed by atoms with Gasteiger partial charge in [-0.1, -0.05) is 13.8 Å². The van der Waals surface area contributed by atoms with Gasteiger partial charge >= 0.3 is 11.9 Å². The number of carboxylic acid groups (broad SMARTS) is 2. The maximum atomic E-state index is 11.3. The predicted octanol–water partition coefficient (Wildman–Crippen LogP) is 0.467. The molecule has 16 heavy (non-hydrogen) atoms. The van der Waals surface area contributed by atoms with Gasteiger partial charge in [0.25, 0.3) is 0 Å². The number of nitrogens with one attached hydrogen (secondary N) is 1. The van der Waals surface area contributed by atoms with Crippen LogP contribution in [0.2, 0.25) is 0 Å². The summed E-state index contributed by atoms with van der Waals surface area (Å²) in [5.74, 6) is -2.52. The SMILES string of the molecule is CC(C)CC(=O)N[C@@H](CCC(=O)O)C(=O)O. The molecular weight excluding hydrogens is 214 g/mol. The molecule has 6 nitrogen and oxygen atoms in total. The highest BCUT2D eigenvalue weighted by Gasteiger charge is 2.20. The van der Waals surface area contributed by atoms with E-state index < -0.39 is 18.0 Å². The second kappa shape index (κ2) is 6.81. The van der Waals surface area contributed by atoms with Crippen LogP contribution in [0.25, 0.3) is 0 Å². The van der Waals surface area contributed by atoms with Gasteiger partial charge < -0.3 is 15.5 Å². The Hall–Kier alpha value is -1.59. The van der Waals surface area contributed by atoms with Crippen molar-refractivity contribution in [1.29, 1.82) is 0 Å². The first kappa shape index (κ1) is 14.4. The van der Waals surface area contributed by atoms with E-state index >= 15 is 0 Å². The number of amides is 1. The quantitative estimate of drug-likeness (QED) is 0.590. The molecule has 0 heterocycles. The molecule has 0 spiro atoms. The van der Waals surface area contributed by atoms with Gasteiger partial charge in [-0.2, -0.15) is 0 Å². The summed E-state index contributed by atoms with van der Waals surface area (Å²) < 4.78 is 0. The van der Waals surface area contributed by atoms with E-state index in [-0.39, 0.29) is 31.1 Å². The van der Waals surface area contributed by atoms with Crippen molar-refractivity contribution in [1.82, 2.24) is 5.32 Å². The number of carbonyl (C=O) groups excluding carboxylic acids is 1. The maximum Gasteiger partial charge on any atom is 0.326 e. The van der Waals surface area contributed by atoms with E-state index in [0.717, 1.165) is 0 Å². The summed E-state index contributed by atoms with van der Waals surface area (Å²) in [6, 6.07) is -1.12. The highest BCUT2D eigenvalue weighted by atomic mass is 16.4. The molecule has 0 aliphatic rings. The van der Waals surface area contributed by atoms with Crippen molar-refractivity contribution >= 4 is 17.8 Å². The van der Waals surface area contributed by atoms with Gasteiger partial charge in [0.05, 0.1) is 0 Å². The molecule has 0 aromatic heterocycles. The Morgan fingerprint density at radius 2 is 1.75 bits per heavy atom. The van der Waals surface area contributed by atoms with Crippen LogP contribution in [0.15, 0.2) is 0 Å². The van der Waals surface area contributed by atoms with Crippen LogP contribution in [0.5, 0.6) is 0 Å². The van der Waals surface area contributed by atoms with Crippen LogP contribution in [0.4, 0.5) is 0 Å². The third-order valence-electron chi connectivity index (χ3n) is 1.87. The standard InChI is InChI=1S/C10H17NO5/c1-6(2)5-8(12)11-7(10(15)16)3-4-9(13)14/h6-7H,3-5H2,1-2H3,(H,11,12)(H,13,14)(H,15,16)/t7-/m0/s1. The molecule has 0 unspecified atom stereocenters. The molecule has 0 radical (unpaired) electrons. The summed E-state index contributed by atoms with van der Waals surface area (Å²) in [5, 5.41) is 19.5. The largest absolute Gasteiger partial charge is 0.481 e. The van der Waals surface area contributed by atoms with Crippen LogP contribution in [0.1, 0.15) is 33.1 Å². The Morgan fingerprint density at radius 1 is 1.19 bits per heavy atom. The zero-order valence-corrected chi connectivity index (χ0v) is 9.40. The van der Waals surface area contributed by atoms with Crippen molar-refractivity contribution in [2.45, 2.75) is 39.2 Å². The molecule has 0 saturated carbocycles. The minimum atomic E-state index is -1.21. The lowest BCUT2D eigenvalue weighted by Gasteiger charge is -2.14. The molecule has 0 aliphatic carbocycles. The Bertz CT molecular complexity index is 274. The van der Waals surface area contributed by atoms with Gasteiger partial charge in [0.15, 0.2) is 0 Å². The van der Waals surface area contributed by atoms with E-state index in [0.29, 0.717) is 0 Å². The Labute approximate surface area is 93.6 Å². The smallest absolute Gasteiger partial charge is 0.326 e. The van der Waals surface area contributed by atoms with E-state index in [1.165, 1.54) is 0 Å². The topological polar surface area (TPSA) is 104 Å². The lowest BCUT2D eigenvalue weighted by atomic mass is 10.1. The van der Waals surface area contributed by atoms with E-state index in [2.05, 4.69) is 5.32 Å². The summed E-state index contributed by atoms with van der Waals surface area (Å²) in [7, 11) is 0. The number of carbonyl (C=O) groups is 3. The van der Waals surface area contributed by atoms with Crippen LogP contribution in [-0.2, 0) is 14.4 Å². The minimum absolute atomic E-state index is 0.103. The normalized spacial score (nSPS) is 12.2. The zero-order chi connectivity index (χ0) is 12.7. The van der Waals surface area contributed by atoms with Crippen molar-refractivity contribution in [3.63, 3.8) is 0 Å². The van der Waals surface area contributed by atoms with Crippen molar-refractivity contribution < 1.29 is 24.6 Å².